The average molecular weight is 282 g/mol. The molecule has 3 rings (SSSR count). The summed E-state index contributed by atoms with van der Waals surface area (Å²) in [6, 6.07) is 21.1. The summed E-state index contributed by atoms with van der Waals surface area (Å²) >= 11 is 1.82. The first-order chi connectivity index (χ1) is 9.75. The van der Waals surface area contributed by atoms with Crippen molar-refractivity contribution >= 4 is 17.5 Å². The molecule has 1 saturated heterocycles. The Balaban J connectivity index is 1.99. The van der Waals surface area contributed by atoms with Gasteiger partial charge in [-0.2, -0.15) is 0 Å². The lowest BCUT2D eigenvalue weighted by atomic mass is 9.86. The minimum absolute atomic E-state index is 0.134. The predicted octanol–water partition coefficient (Wildman–Crippen LogP) is 4.28. The summed E-state index contributed by atoms with van der Waals surface area (Å²) in [7, 11) is 0. The van der Waals surface area contributed by atoms with Gasteiger partial charge in [0.25, 0.3) is 0 Å². The standard InChI is InChI=1S/C18H18OS/c1-13-16(19)12-17(20-13)18(14-8-4-2-5-9-14)15-10-6-3-7-11-15/h2-11,13,17-18H,12H2,1H3. The molecule has 1 heterocycles. The second-order valence-electron chi connectivity index (χ2n) is 5.29. The molecule has 20 heavy (non-hydrogen) atoms. The van der Waals surface area contributed by atoms with E-state index < -0.39 is 0 Å². The molecule has 0 spiro atoms. The van der Waals surface area contributed by atoms with Crippen LogP contribution in [0.2, 0.25) is 0 Å². The van der Waals surface area contributed by atoms with Crippen LogP contribution in [0.15, 0.2) is 60.7 Å². The van der Waals surface area contributed by atoms with Gasteiger partial charge in [0.1, 0.15) is 5.78 Å². The second kappa shape index (κ2) is 5.84. The number of thioether (sulfide) groups is 1. The Hall–Kier alpha value is -1.54. The van der Waals surface area contributed by atoms with Gasteiger partial charge in [0.05, 0.1) is 5.25 Å². The highest BCUT2D eigenvalue weighted by Gasteiger charge is 2.36. The van der Waals surface area contributed by atoms with Crippen LogP contribution in [0.5, 0.6) is 0 Å². The van der Waals surface area contributed by atoms with Crippen LogP contribution >= 0.6 is 11.8 Å². The van der Waals surface area contributed by atoms with Gasteiger partial charge in [0.15, 0.2) is 0 Å². The zero-order valence-electron chi connectivity index (χ0n) is 11.5. The van der Waals surface area contributed by atoms with E-state index in [0.29, 0.717) is 23.4 Å². The van der Waals surface area contributed by atoms with Crippen LogP contribution in [0.4, 0.5) is 0 Å². The number of benzene rings is 2. The Morgan fingerprint density at radius 3 is 1.85 bits per heavy atom. The monoisotopic (exact) mass is 282 g/mol. The summed E-state index contributed by atoms with van der Waals surface area (Å²) in [5, 5.41) is 0.484. The number of ketones is 1. The normalized spacial score (nSPS) is 22.4. The van der Waals surface area contributed by atoms with Crippen molar-refractivity contribution < 1.29 is 4.79 Å². The Labute approximate surface area is 124 Å². The van der Waals surface area contributed by atoms with Gasteiger partial charge >= 0.3 is 0 Å². The van der Waals surface area contributed by atoms with E-state index in [-0.39, 0.29) is 5.25 Å². The maximum absolute atomic E-state index is 11.9. The van der Waals surface area contributed by atoms with E-state index in [1.807, 2.05) is 30.8 Å². The van der Waals surface area contributed by atoms with Crippen molar-refractivity contribution in [3.8, 4) is 0 Å². The highest BCUT2D eigenvalue weighted by Crippen LogP contribution is 2.43. The van der Waals surface area contributed by atoms with Crippen LogP contribution in [-0.2, 0) is 4.79 Å². The van der Waals surface area contributed by atoms with Gasteiger partial charge in [-0.1, -0.05) is 60.7 Å². The molecule has 0 amide bonds. The molecule has 1 nitrogen and oxygen atoms in total. The zero-order valence-corrected chi connectivity index (χ0v) is 12.3. The van der Waals surface area contributed by atoms with Crippen LogP contribution in [0.1, 0.15) is 30.4 Å². The molecule has 2 heteroatoms. The van der Waals surface area contributed by atoms with Crippen molar-refractivity contribution in [1.82, 2.24) is 0 Å². The van der Waals surface area contributed by atoms with Gasteiger partial charge in [0, 0.05) is 17.6 Å². The highest BCUT2D eigenvalue weighted by molar-refractivity contribution is 8.01. The Kier molecular flexibility index (Phi) is 3.93. The van der Waals surface area contributed by atoms with E-state index in [2.05, 4.69) is 48.5 Å². The Morgan fingerprint density at radius 1 is 0.950 bits per heavy atom. The SMILES string of the molecule is CC1SC(C(c2ccccc2)c2ccccc2)CC1=O. The van der Waals surface area contributed by atoms with E-state index in [4.69, 9.17) is 0 Å². The quantitative estimate of drug-likeness (QED) is 0.835. The number of hydrogen-bond donors (Lipinski definition) is 0. The smallest absolute Gasteiger partial charge is 0.146 e. The molecular formula is C18H18OS. The summed E-state index contributed by atoms with van der Waals surface area (Å²) in [6.07, 6.45) is 0.681. The summed E-state index contributed by atoms with van der Waals surface area (Å²) in [4.78, 5) is 11.9. The molecule has 0 bridgehead atoms. The maximum Gasteiger partial charge on any atom is 0.146 e. The van der Waals surface area contributed by atoms with Gasteiger partial charge in [-0.25, -0.2) is 0 Å². The number of carbonyl (C=O) groups excluding carboxylic acids is 1. The van der Waals surface area contributed by atoms with Gasteiger partial charge in [-0.15, -0.1) is 11.8 Å². The number of carbonyl (C=O) groups is 1. The van der Waals surface area contributed by atoms with Crippen LogP contribution in [0.25, 0.3) is 0 Å². The number of hydrogen-bond acceptors (Lipinski definition) is 2. The van der Waals surface area contributed by atoms with Crippen molar-refractivity contribution in [2.24, 2.45) is 0 Å². The summed E-state index contributed by atoms with van der Waals surface area (Å²) < 4.78 is 0. The van der Waals surface area contributed by atoms with E-state index in [9.17, 15) is 4.79 Å². The van der Waals surface area contributed by atoms with Gasteiger partial charge < -0.3 is 0 Å². The number of rotatable bonds is 3. The van der Waals surface area contributed by atoms with Crippen molar-refractivity contribution in [1.29, 1.82) is 0 Å². The fraction of sp³-hybridized carbons (Fsp3) is 0.278. The van der Waals surface area contributed by atoms with Crippen molar-refractivity contribution in [2.75, 3.05) is 0 Å². The average Bonchev–Trinajstić information content (AvgIpc) is 2.81. The molecule has 2 unspecified atom stereocenters. The summed E-state index contributed by atoms with van der Waals surface area (Å²) in [5.74, 6) is 0.688. The van der Waals surface area contributed by atoms with E-state index in [1.165, 1.54) is 11.1 Å². The first kappa shape index (κ1) is 13.4. The number of Topliss-reactive ketones (excluding diaryl/α,β-unsaturated/α-hetero) is 1. The first-order valence-electron chi connectivity index (χ1n) is 7.04. The lowest BCUT2D eigenvalue weighted by Crippen LogP contribution is -2.15. The van der Waals surface area contributed by atoms with Gasteiger partial charge in [-0.05, 0) is 18.1 Å². The molecule has 1 aliphatic heterocycles. The molecule has 2 atom stereocenters. The first-order valence-corrected chi connectivity index (χ1v) is 7.98. The second-order valence-corrected chi connectivity index (χ2v) is 6.87. The zero-order chi connectivity index (χ0) is 13.9. The topological polar surface area (TPSA) is 17.1 Å². The molecule has 0 aliphatic carbocycles. The maximum atomic E-state index is 11.9. The van der Waals surface area contributed by atoms with Crippen LogP contribution in [-0.4, -0.2) is 16.3 Å². The fourth-order valence-electron chi connectivity index (χ4n) is 2.89. The Morgan fingerprint density at radius 2 is 1.45 bits per heavy atom. The lowest BCUT2D eigenvalue weighted by molar-refractivity contribution is -0.117. The summed E-state index contributed by atoms with van der Waals surface area (Å²) in [5.41, 5.74) is 2.61. The minimum Gasteiger partial charge on any atom is -0.298 e. The molecule has 0 N–H and O–H groups in total. The van der Waals surface area contributed by atoms with Crippen LogP contribution < -0.4 is 0 Å². The van der Waals surface area contributed by atoms with Crippen LogP contribution in [0, 0.1) is 0 Å². The van der Waals surface area contributed by atoms with Crippen molar-refractivity contribution in [2.45, 2.75) is 29.8 Å². The molecule has 0 radical (unpaired) electrons. The van der Waals surface area contributed by atoms with E-state index in [1.54, 1.807) is 0 Å². The Bertz CT molecular complexity index is 539. The van der Waals surface area contributed by atoms with Gasteiger partial charge in [-0.3, -0.25) is 4.79 Å². The molecule has 2 aromatic carbocycles. The molecule has 1 fully saturated rings. The largest absolute Gasteiger partial charge is 0.298 e. The molecule has 0 saturated carbocycles. The van der Waals surface area contributed by atoms with Crippen molar-refractivity contribution in [3.63, 3.8) is 0 Å². The van der Waals surface area contributed by atoms with E-state index >= 15 is 0 Å². The lowest BCUT2D eigenvalue weighted by Gasteiger charge is -2.23. The fourth-order valence-corrected chi connectivity index (χ4v) is 4.39. The van der Waals surface area contributed by atoms with E-state index in [0.717, 1.165) is 0 Å². The van der Waals surface area contributed by atoms with Gasteiger partial charge in [0.2, 0.25) is 0 Å². The van der Waals surface area contributed by atoms with Crippen molar-refractivity contribution in [3.05, 3.63) is 71.8 Å². The highest BCUT2D eigenvalue weighted by atomic mass is 32.2. The minimum atomic E-state index is 0.134. The molecule has 0 aromatic heterocycles. The summed E-state index contributed by atoms with van der Waals surface area (Å²) in [6.45, 7) is 2.03. The predicted molar refractivity (Wildman–Crippen MR) is 85.2 cm³/mol. The molecule has 1 aliphatic rings. The molecule has 2 aromatic rings. The third-order valence-electron chi connectivity index (χ3n) is 3.92. The third kappa shape index (κ3) is 2.66. The van der Waals surface area contributed by atoms with Crippen LogP contribution in [0.3, 0.4) is 0 Å². The molecular weight excluding hydrogens is 264 g/mol. The third-order valence-corrected chi connectivity index (χ3v) is 5.38. The molecule has 102 valence electrons.